The van der Waals surface area contributed by atoms with E-state index in [2.05, 4.69) is 10.6 Å². The van der Waals surface area contributed by atoms with Gasteiger partial charge in [-0.15, -0.1) is 0 Å². The molecule has 2 unspecified atom stereocenters. The molecular weight excluding hydrogens is 330 g/mol. The highest BCUT2D eigenvalue weighted by Gasteiger charge is 2.28. The minimum absolute atomic E-state index is 0.0912. The van der Waals surface area contributed by atoms with Gasteiger partial charge < -0.3 is 15.7 Å². The number of amides is 2. The molecule has 0 bridgehead atoms. The van der Waals surface area contributed by atoms with Crippen LogP contribution in [0.15, 0.2) is 12.1 Å². The molecule has 1 aromatic carbocycles. The summed E-state index contributed by atoms with van der Waals surface area (Å²) < 4.78 is 26.1. The number of anilines is 1. The quantitative estimate of drug-likeness (QED) is 0.565. The first-order chi connectivity index (χ1) is 10.6. The molecule has 0 aromatic heterocycles. The summed E-state index contributed by atoms with van der Waals surface area (Å²) in [6.07, 6.45) is 0.694. The van der Waals surface area contributed by atoms with Crippen LogP contribution in [0.25, 0.3) is 0 Å². The highest BCUT2D eigenvalue weighted by atomic mass is 35.5. The Morgan fingerprint density at radius 2 is 1.87 bits per heavy atom. The molecule has 0 aliphatic carbocycles. The average Bonchev–Trinajstić information content (AvgIpc) is 2.49. The van der Waals surface area contributed by atoms with Gasteiger partial charge in [-0.2, -0.15) is 0 Å². The summed E-state index contributed by atoms with van der Waals surface area (Å²) >= 11 is 5.67. The molecule has 1 aromatic rings. The van der Waals surface area contributed by atoms with E-state index >= 15 is 0 Å². The maximum Gasteiger partial charge on any atom is 0.313 e. The Labute approximate surface area is 138 Å². The molecule has 23 heavy (non-hydrogen) atoms. The second-order valence-corrected chi connectivity index (χ2v) is 5.96. The Hall–Kier alpha value is -1.73. The molecule has 0 saturated carbocycles. The van der Waals surface area contributed by atoms with Gasteiger partial charge in [0.25, 0.3) is 0 Å². The van der Waals surface area contributed by atoms with Gasteiger partial charge in [0.2, 0.25) is 0 Å². The van der Waals surface area contributed by atoms with Crippen molar-refractivity contribution in [2.75, 3.05) is 11.9 Å². The van der Waals surface area contributed by atoms with Gasteiger partial charge in [0.1, 0.15) is 0 Å². The summed E-state index contributed by atoms with van der Waals surface area (Å²) in [5.41, 5.74) is -1.40. The third-order valence-electron chi connectivity index (χ3n) is 3.75. The monoisotopic (exact) mass is 348 g/mol. The molecule has 0 heterocycles. The summed E-state index contributed by atoms with van der Waals surface area (Å²) in [6, 6.07) is 1.37. The minimum atomic E-state index is -1.20. The van der Waals surface area contributed by atoms with Gasteiger partial charge in [-0.25, -0.2) is 8.78 Å². The second-order valence-electron chi connectivity index (χ2n) is 5.55. The number of hydrogen-bond donors (Lipinski definition) is 3. The predicted octanol–water partition coefficient (Wildman–Crippen LogP) is 2.47. The van der Waals surface area contributed by atoms with E-state index in [-0.39, 0.29) is 23.2 Å². The summed E-state index contributed by atoms with van der Waals surface area (Å²) in [5.74, 6) is -4.58. The van der Waals surface area contributed by atoms with E-state index in [4.69, 9.17) is 11.6 Å². The fraction of sp³-hybridized carbons (Fsp3) is 0.467. The van der Waals surface area contributed by atoms with E-state index in [1.54, 1.807) is 6.92 Å². The van der Waals surface area contributed by atoms with Crippen molar-refractivity contribution in [3.63, 3.8) is 0 Å². The molecule has 5 nitrogen and oxygen atoms in total. The van der Waals surface area contributed by atoms with E-state index in [1.807, 2.05) is 13.8 Å². The van der Waals surface area contributed by atoms with Gasteiger partial charge >= 0.3 is 11.8 Å². The van der Waals surface area contributed by atoms with Crippen molar-refractivity contribution < 1.29 is 23.5 Å². The van der Waals surface area contributed by atoms with Crippen molar-refractivity contribution >= 4 is 29.1 Å². The fourth-order valence-corrected chi connectivity index (χ4v) is 1.95. The zero-order valence-electron chi connectivity index (χ0n) is 13.0. The maximum absolute atomic E-state index is 13.1. The molecule has 0 aliphatic heterocycles. The van der Waals surface area contributed by atoms with E-state index < -0.39 is 29.0 Å². The van der Waals surface area contributed by atoms with Crippen molar-refractivity contribution in [3.05, 3.63) is 28.8 Å². The van der Waals surface area contributed by atoms with Gasteiger partial charge in [0, 0.05) is 12.6 Å². The SMILES string of the molecule is CCC(C)C(C)(O)CNC(=O)C(=O)Nc1cc(F)c(F)cc1Cl. The van der Waals surface area contributed by atoms with Crippen molar-refractivity contribution in [1.29, 1.82) is 0 Å². The zero-order valence-corrected chi connectivity index (χ0v) is 13.8. The molecule has 2 amide bonds. The van der Waals surface area contributed by atoms with Gasteiger partial charge in [0.15, 0.2) is 11.6 Å². The number of benzene rings is 1. The molecule has 0 saturated heterocycles. The van der Waals surface area contributed by atoms with E-state index in [9.17, 15) is 23.5 Å². The molecule has 0 fully saturated rings. The first kappa shape index (κ1) is 19.3. The van der Waals surface area contributed by atoms with Crippen LogP contribution in [-0.2, 0) is 9.59 Å². The van der Waals surface area contributed by atoms with Gasteiger partial charge in [-0.1, -0.05) is 31.9 Å². The van der Waals surface area contributed by atoms with Crippen LogP contribution >= 0.6 is 11.6 Å². The Morgan fingerprint density at radius 1 is 1.30 bits per heavy atom. The first-order valence-electron chi connectivity index (χ1n) is 7.04. The Balaban J connectivity index is 2.68. The van der Waals surface area contributed by atoms with Crippen molar-refractivity contribution in [3.8, 4) is 0 Å². The minimum Gasteiger partial charge on any atom is -0.388 e. The van der Waals surface area contributed by atoms with Crippen LogP contribution in [0.3, 0.4) is 0 Å². The van der Waals surface area contributed by atoms with E-state index in [1.165, 1.54) is 0 Å². The Morgan fingerprint density at radius 3 is 2.43 bits per heavy atom. The molecule has 0 aliphatic rings. The second kappa shape index (κ2) is 7.70. The third kappa shape index (κ3) is 5.14. The van der Waals surface area contributed by atoms with Crippen LogP contribution in [-0.4, -0.2) is 29.1 Å². The predicted molar refractivity (Wildman–Crippen MR) is 83.1 cm³/mol. The lowest BCUT2D eigenvalue weighted by Crippen LogP contribution is -2.47. The van der Waals surface area contributed by atoms with Gasteiger partial charge in [0.05, 0.1) is 16.3 Å². The average molecular weight is 349 g/mol. The number of aliphatic hydroxyl groups is 1. The van der Waals surface area contributed by atoms with E-state index in [0.717, 1.165) is 0 Å². The number of carbonyl (C=O) groups excluding carboxylic acids is 2. The summed E-state index contributed by atoms with van der Waals surface area (Å²) in [4.78, 5) is 23.5. The maximum atomic E-state index is 13.1. The van der Waals surface area contributed by atoms with Crippen LogP contribution in [0.1, 0.15) is 27.2 Å². The van der Waals surface area contributed by atoms with Crippen molar-refractivity contribution in [2.45, 2.75) is 32.8 Å². The van der Waals surface area contributed by atoms with Crippen LogP contribution in [0, 0.1) is 17.6 Å². The third-order valence-corrected chi connectivity index (χ3v) is 4.06. The molecule has 2 atom stereocenters. The number of hydrogen-bond acceptors (Lipinski definition) is 3. The number of carbonyl (C=O) groups is 2. The fourth-order valence-electron chi connectivity index (χ4n) is 1.75. The normalized spacial score (nSPS) is 14.7. The standard InChI is InChI=1S/C15H19ClF2N2O3/c1-4-8(2)15(3,23)7-19-13(21)14(22)20-12-6-11(18)10(17)5-9(12)16/h5-6,8,23H,4,7H2,1-3H3,(H,19,21)(H,20,22). The number of rotatable bonds is 5. The smallest absolute Gasteiger partial charge is 0.313 e. The van der Waals surface area contributed by atoms with E-state index in [0.29, 0.717) is 18.6 Å². The lowest BCUT2D eigenvalue weighted by atomic mass is 9.89. The van der Waals surface area contributed by atoms with Crippen LogP contribution in [0.4, 0.5) is 14.5 Å². The molecule has 1 rings (SSSR count). The number of nitrogens with one attached hydrogen (secondary N) is 2. The Bertz CT molecular complexity index is 609. The molecule has 3 N–H and O–H groups in total. The Kier molecular flexibility index (Phi) is 6.47. The molecule has 128 valence electrons. The van der Waals surface area contributed by atoms with Crippen LogP contribution in [0.5, 0.6) is 0 Å². The van der Waals surface area contributed by atoms with Crippen molar-refractivity contribution in [2.24, 2.45) is 5.92 Å². The van der Waals surface area contributed by atoms with Gasteiger partial charge in [-0.3, -0.25) is 9.59 Å². The van der Waals surface area contributed by atoms with Crippen molar-refractivity contribution in [1.82, 2.24) is 5.32 Å². The number of halogens is 3. The lowest BCUT2D eigenvalue weighted by Gasteiger charge is -2.29. The first-order valence-corrected chi connectivity index (χ1v) is 7.42. The van der Waals surface area contributed by atoms with Crippen LogP contribution in [0.2, 0.25) is 5.02 Å². The largest absolute Gasteiger partial charge is 0.388 e. The molecule has 8 heteroatoms. The topological polar surface area (TPSA) is 78.4 Å². The van der Waals surface area contributed by atoms with Gasteiger partial charge in [-0.05, 0) is 18.9 Å². The summed E-state index contributed by atoms with van der Waals surface area (Å²) in [5, 5.41) is 14.3. The molecule has 0 radical (unpaired) electrons. The highest BCUT2D eigenvalue weighted by Crippen LogP contribution is 2.24. The molecule has 0 spiro atoms. The van der Waals surface area contributed by atoms with Crippen LogP contribution < -0.4 is 10.6 Å². The molecular formula is C15H19ClF2N2O3. The highest BCUT2D eigenvalue weighted by molar-refractivity contribution is 6.41. The summed E-state index contributed by atoms with van der Waals surface area (Å²) in [7, 11) is 0. The summed E-state index contributed by atoms with van der Waals surface area (Å²) in [6.45, 7) is 5.12. The lowest BCUT2D eigenvalue weighted by molar-refractivity contribution is -0.137. The zero-order chi connectivity index (χ0) is 17.8.